The van der Waals surface area contributed by atoms with Crippen molar-refractivity contribution in [3.63, 3.8) is 0 Å². The Morgan fingerprint density at radius 3 is 2.80 bits per heavy atom. The Labute approximate surface area is 87.2 Å². The summed E-state index contributed by atoms with van der Waals surface area (Å²) in [5.74, 6) is -1.94. The number of hydrogen-bond donors (Lipinski definition) is 2. The van der Waals surface area contributed by atoms with Crippen LogP contribution in [0, 0.1) is 0 Å². The zero-order valence-electron chi connectivity index (χ0n) is 8.47. The molecule has 1 heterocycles. The molecule has 0 saturated carbocycles. The third-order valence-electron chi connectivity index (χ3n) is 1.96. The number of imide groups is 1. The first-order chi connectivity index (χ1) is 7.13. The zero-order chi connectivity index (χ0) is 11.3. The van der Waals surface area contributed by atoms with Crippen LogP contribution >= 0.6 is 0 Å². The van der Waals surface area contributed by atoms with Gasteiger partial charge in [-0.3, -0.25) is 10.1 Å². The number of halogens is 1. The summed E-state index contributed by atoms with van der Waals surface area (Å²) < 4.78 is 13.1. The van der Waals surface area contributed by atoms with Crippen molar-refractivity contribution in [1.29, 1.82) is 0 Å². The molecule has 3 amide bonds. The normalized spacial score (nSPS) is 16.9. The van der Waals surface area contributed by atoms with Crippen LogP contribution in [0.15, 0.2) is 23.7 Å². The predicted molar refractivity (Wildman–Crippen MR) is 53.5 cm³/mol. The highest BCUT2D eigenvalue weighted by molar-refractivity contribution is 6.03. The predicted octanol–water partition coefficient (Wildman–Crippen LogP) is 1.75. The first-order valence-electron chi connectivity index (χ1n) is 4.81. The summed E-state index contributed by atoms with van der Waals surface area (Å²) in [6, 6.07) is -0.711. The summed E-state index contributed by atoms with van der Waals surface area (Å²) >= 11 is 0. The molecule has 0 aromatic rings. The lowest BCUT2D eigenvalue weighted by atomic mass is 10.1. The van der Waals surface area contributed by atoms with Gasteiger partial charge in [-0.25, -0.2) is 9.18 Å². The van der Waals surface area contributed by atoms with Crippen molar-refractivity contribution in [3.8, 4) is 0 Å². The summed E-state index contributed by atoms with van der Waals surface area (Å²) in [5, 5.41) is 4.18. The lowest BCUT2D eigenvalue weighted by molar-refractivity contribution is -0.117. The minimum absolute atomic E-state index is 0.609. The van der Waals surface area contributed by atoms with Crippen molar-refractivity contribution in [2.75, 3.05) is 0 Å². The molecule has 0 fully saturated rings. The van der Waals surface area contributed by atoms with Gasteiger partial charge in [-0.15, -0.1) is 0 Å². The third-order valence-corrected chi connectivity index (χ3v) is 1.96. The Balaban J connectivity index is 2.79. The van der Waals surface area contributed by atoms with Gasteiger partial charge >= 0.3 is 6.03 Å². The van der Waals surface area contributed by atoms with Gasteiger partial charge in [0.05, 0.1) is 0 Å². The topological polar surface area (TPSA) is 58.2 Å². The van der Waals surface area contributed by atoms with Crippen LogP contribution in [-0.2, 0) is 4.79 Å². The van der Waals surface area contributed by atoms with E-state index in [-0.39, 0.29) is 0 Å². The van der Waals surface area contributed by atoms with Gasteiger partial charge in [-0.05, 0) is 24.5 Å². The summed E-state index contributed by atoms with van der Waals surface area (Å²) in [4.78, 5) is 21.9. The summed E-state index contributed by atoms with van der Waals surface area (Å²) in [6.45, 7) is 2.01. The summed E-state index contributed by atoms with van der Waals surface area (Å²) in [5.41, 5.74) is 0.609. The molecule has 5 heteroatoms. The van der Waals surface area contributed by atoms with E-state index in [4.69, 9.17) is 0 Å². The number of nitrogens with one attached hydrogen (secondary N) is 2. The molecule has 0 aliphatic carbocycles. The highest BCUT2D eigenvalue weighted by Gasteiger charge is 2.15. The van der Waals surface area contributed by atoms with Crippen molar-refractivity contribution in [2.24, 2.45) is 0 Å². The standard InChI is InChI=1S/C10H13FN2O2/c1-2-3-4-7-5-8(11)9(14)13-10(15)12-6-7/h5-6H,2-4H2,1H3,(H2,12,13,14,15). The molecule has 0 saturated heterocycles. The van der Waals surface area contributed by atoms with Gasteiger partial charge in [0.25, 0.3) is 5.91 Å². The molecular formula is C10H13FN2O2. The van der Waals surface area contributed by atoms with Crippen LogP contribution in [0.25, 0.3) is 0 Å². The van der Waals surface area contributed by atoms with Gasteiger partial charge in [0, 0.05) is 6.20 Å². The highest BCUT2D eigenvalue weighted by Crippen LogP contribution is 2.12. The number of carbonyl (C=O) groups is 2. The zero-order valence-corrected chi connectivity index (χ0v) is 8.47. The van der Waals surface area contributed by atoms with Gasteiger partial charge < -0.3 is 5.32 Å². The van der Waals surface area contributed by atoms with Gasteiger partial charge in [-0.1, -0.05) is 13.3 Å². The number of amides is 3. The van der Waals surface area contributed by atoms with E-state index in [1.165, 1.54) is 6.20 Å². The molecule has 1 rings (SSSR count). The number of unbranched alkanes of at least 4 members (excludes halogenated alkanes) is 1. The third kappa shape index (κ3) is 3.53. The van der Waals surface area contributed by atoms with Gasteiger partial charge in [-0.2, -0.15) is 0 Å². The molecule has 15 heavy (non-hydrogen) atoms. The molecule has 0 radical (unpaired) electrons. The Morgan fingerprint density at radius 2 is 2.13 bits per heavy atom. The van der Waals surface area contributed by atoms with E-state index >= 15 is 0 Å². The number of urea groups is 1. The molecule has 0 atom stereocenters. The van der Waals surface area contributed by atoms with Crippen LogP contribution in [-0.4, -0.2) is 11.9 Å². The van der Waals surface area contributed by atoms with E-state index in [9.17, 15) is 14.0 Å². The first kappa shape index (κ1) is 11.4. The second-order valence-corrected chi connectivity index (χ2v) is 3.24. The lowest BCUT2D eigenvalue weighted by Gasteiger charge is -2.08. The molecule has 0 aromatic heterocycles. The second-order valence-electron chi connectivity index (χ2n) is 3.24. The molecule has 0 bridgehead atoms. The quantitative estimate of drug-likeness (QED) is 0.748. The van der Waals surface area contributed by atoms with Crippen molar-refractivity contribution in [2.45, 2.75) is 26.2 Å². The average molecular weight is 212 g/mol. The van der Waals surface area contributed by atoms with Crippen LogP contribution in [0.4, 0.5) is 9.18 Å². The van der Waals surface area contributed by atoms with Crippen LogP contribution in [0.2, 0.25) is 0 Å². The number of hydrogen-bond acceptors (Lipinski definition) is 2. The monoisotopic (exact) mass is 212 g/mol. The first-order valence-corrected chi connectivity index (χ1v) is 4.81. The molecule has 0 spiro atoms. The molecule has 0 unspecified atom stereocenters. The molecule has 2 N–H and O–H groups in total. The lowest BCUT2D eigenvalue weighted by Crippen LogP contribution is -2.38. The highest BCUT2D eigenvalue weighted by atomic mass is 19.1. The van der Waals surface area contributed by atoms with Crippen molar-refractivity contribution >= 4 is 11.9 Å². The number of allylic oxidation sites excluding steroid dienone is 2. The Hall–Kier alpha value is -1.65. The smallest absolute Gasteiger partial charge is 0.314 e. The average Bonchev–Trinajstić information content (AvgIpc) is 2.20. The molecule has 0 aromatic carbocycles. The number of rotatable bonds is 3. The fraction of sp³-hybridized carbons (Fsp3) is 0.400. The van der Waals surface area contributed by atoms with Gasteiger partial charge in [0.15, 0.2) is 5.83 Å². The van der Waals surface area contributed by atoms with E-state index in [1.807, 2.05) is 12.2 Å². The van der Waals surface area contributed by atoms with E-state index in [1.54, 1.807) is 0 Å². The Morgan fingerprint density at radius 1 is 1.40 bits per heavy atom. The van der Waals surface area contributed by atoms with Gasteiger partial charge in [0.1, 0.15) is 0 Å². The van der Waals surface area contributed by atoms with Crippen molar-refractivity contribution < 1.29 is 14.0 Å². The Kier molecular flexibility index (Phi) is 4.03. The molecule has 4 nitrogen and oxygen atoms in total. The van der Waals surface area contributed by atoms with Crippen LogP contribution in [0.1, 0.15) is 26.2 Å². The molecule has 1 aliphatic rings. The van der Waals surface area contributed by atoms with E-state index < -0.39 is 17.8 Å². The molecule has 1 aliphatic heterocycles. The van der Waals surface area contributed by atoms with Crippen molar-refractivity contribution in [1.82, 2.24) is 10.6 Å². The van der Waals surface area contributed by atoms with Gasteiger partial charge in [0.2, 0.25) is 0 Å². The van der Waals surface area contributed by atoms with Crippen LogP contribution in [0.3, 0.4) is 0 Å². The second kappa shape index (κ2) is 5.29. The van der Waals surface area contributed by atoms with Crippen LogP contribution in [0.5, 0.6) is 0 Å². The molecule has 82 valence electrons. The van der Waals surface area contributed by atoms with Crippen molar-refractivity contribution in [3.05, 3.63) is 23.7 Å². The molecular weight excluding hydrogens is 199 g/mol. The fourth-order valence-corrected chi connectivity index (χ4v) is 1.15. The minimum atomic E-state index is -1.01. The van der Waals surface area contributed by atoms with E-state index in [2.05, 4.69) is 5.32 Å². The largest absolute Gasteiger partial charge is 0.325 e. The maximum atomic E-state index is 13.1. The van der Waals surface area contributed by atoms with E-state index in [0.29, 0.717) is 12.0 Å². The summed E-state index contributed by atoms with van der Waals surface area (Å²) in [7, 11) is 0. The van der Waals surface area contributed by atoms with Crippen LogP contribution < -0.4 is 10.6 Å². The Bertz CT molecular complexity index is 334. The fourth-order valence-electron chi connectivity index (χ4n) is 1.15. The summed E-state index contributed by atoms with van der Waals surface area (Å²) in [6.07, 6.45) is 5.04. The SMILES string of the molecule is CCCCC1=CNC(=O)NC(=O)C(F)=C1. The van der Waals surface area contributed by atoms with E-state index in [0.717, 1.165) is 18.9 Å². The maximum Gasteiger partial charge on any atom is 0.325 e. The maximum absolute atomic E-state index is 13.1. The minimum Gasteiger partial charge on any atom is -0.314 e. The number of carbonyl (C=O) groups excluding carboxylic acids is 2.